The molecule has 20 heavy (non-hydrogen) atoms. The highest BCUT2D eigenvalue weighted by atomic mass is 32.1. The first-order chi connectivity index (χ1) is 9.63. The van der Waals surface area contributed by atoms with Gasteiger partial charge in [0.2, 0.25) is 0 Å². The van der Waals surface area contributed by atoms with Gasteiger partial charge in [-0.3, -0.25) is 0 Å². The van der Waals surface area contributed by atoms with Crippen molar-refractivity contribution in [2.45, 2.75) is 12.1 Å². The molecule has 0 aliphatic carbocycles. The lowest BCUT2D eigenvalue weighted by Gasteiger charge is -2.19. The first kappa shape index (κ1) is 13.0. The molecule has 0 aromatic heterocycles. The Morgan fingerprint density at radius 3 is 1.65 bits per heavy atom. The van der Waals surface area contributed by atoms with Crippen LogP contribution in [0.3, 0.4) is 0 Å². The molecular formula is C15H12F2N2S. The van der Waals surface area contributed by atoms with E-state index in [1.807, 2.05) is 12.1 Å². The molecule has 2 aromatic carbocycles. The third kappa shape index (κ3) is 2.49. The Hall–Kier alpha value is -2.01. The lowest BCUT2D eigenvalue weighted by molar-refractivity contribution is 0.540. The summed E-state index contributed by atoms with van der Waals surface area (Å²) in [7, 11) is 0. The van der Waals surface area contributed by atoms with Gasteiger partial charge in [-0.25, -0.2) is 8.78 Å². The molecule has 2 nitrogen and oxygen atoms in total. The van der Waals surface area contributed by atoms with Crippen molar-refractivity contribution >= 4 is 17.3 Å². The van der Waals surface area contributed by atoms with E-state index < -0.39 is 0 Å². The highest BCUT2D eigenvalue weighted by molar-refractivity contribution is 7.80. The third-order valence-electron chi connectivity index (χ3n) is 3.32. The average Bonchev–Trinajstić information content (AvgIpc) is 2.81. The predicted octanol–water partition coefficient (Wildman–Crippen LogP) is 3.22. The normalized spacial score (nSPS) is 21.4. The van der Waals surface area contributed by atoms with Crippen molar-refractivity contribution in [1.82, 2.24) is 10.6 Å². The largest absolute Gasteiger partial charge is 0.353 e. The van der Waals surface area contributed by atoms with Gasteiger partial charge in [0, 0.05) is 0 Å². The second kappa shape index (κ2) is 5.17. The van der Waals surface area contributed by atoms with Crippen molar-refractivity contribution in [1.29, 1.82) is 0 Å². The zero-order valence-corrected chi connectivity index (χ0v) is 11.3. The van der Waals surface area contributed by atoms with Gasteiger partial charge in [0.15, 0.2) is 5.11 Å². The topological polar surface area (TPSA) is 24.1 Å². The van der Waals surface area contributed by atoms with Crippen molar-refractivity contribution in [2.24, 2.45) is 0 Å². The predicted molar refractivity (Wildman–Crippen MR) is 77.2 cm³/mol. The van der Waals surface area contributed by atoms with Gasteiger partial charge in [-0.15, -0.1) is 0 Å². The molecule has 1 aliphatic heterocycles. The Bertz CT molecular complexity index is 604. The number of halogens is 2. The maximum absolute atomic E-state index is 13.4. The van der Waals surface area contributed by atoms with E-state index in [0.29, 0.717) is 5.11 Å². The second-order valence-corrected chi connectivity index (χ2v) is 5.09. The number of hydrogen-bond acceptors (Lipinski definition) is 1. The highest BCUT2D eigenvalue weighted by Crippen LogP contribution is 2.32. The molecule has 1 aliphatic rings. The maximum atomic E-state index is 13.4. The van der Waals surface area contributed by atoms with Crippen molar-refractivity contribution in [3.8, 4) is 0 Å². The zero-order valence-electron chi connectivity index (χ0n) is 10.4. The Balaban J connectivity index is 1.99. The fourth-order valence-corrected chi connectivity index (χ4v) is 2.70. The maximum Gasteiger partial charge on any atom is 0.167 e. The van der Waals surface area contributed by atoms with Gasteiger partial charge in [0.05, 0.1) is 12.1 Å². The van der Waals surface area contributed by atoms with Gasteiger partial charge in [-0.2, -0.15) is 0 Å². The van der Waals surface area contributed by atoms with Gasteiger partial charge in [-0.1, -0.05) is 24.3 Å². The van der Waals surface area contributed by atoms with E-state index in [1.165, 1.54) is 24.3 Å². The number of hydrogen-bond donors (Lipinski definition) is 2. The van der Waals surface area contributed by atoms with Crippen LogP contribution >= 0.6 is 12.2 Å². The lowest BCUT2D eigenvalue weighted by Crippen LogP contribution is -2.21. The monoisotopic (exact) mass is 290 g/mol. The minimum Gasteiger partial charge on any atom is -0.353 e. The fraction of sp³-hybridized carbons (Fsp3) is 0.133. The number of thiocarbonyl (C=S) groups is 1. The molecule has 0 saturated carbocycles. The molecule has 2 atom stereocenters. The van der Waals surface area contributed by atoms with Crippen molar-refractivity contribution in [3.05, 3.63) is 71.3 Å². The first-order valence-electron chi connectivity index (χ1n) is 6.21. The minimum absolute atomic E-state index is 0.222. The van der Waals surface area contributed by atoms with Gasteiger partial charge < -0.3 is 10.6 Å². The van der Waals surface area contributed by atoms with Gasteiger partial charge in [0.25, 0.3) is 0 Å². The minimum atomic E-state index is -0.305. The van der Waals surface area contributed by atoms with E-state index in [-0.39, 0.29) is 23.7 Å². The summed E-state index contributed by atoms with van der Waals surface area (Å²) < 4.78 is 26.7. The summed E-state index contributed by atoms with van der Waals surface area (Å²) in [5.74, 6) is -0.611. The SMILES string of the molecule is Fc1cccc(C2NC(=S)NC2c2cccc(F)c2)c1. The molecule has 2 unspecified atom stereocenters. The molecule has 5 heteroatoms. The summed E-state index contributed by atoms with van der Waals surface area (Å²) in [6.07, 6.45) is 0. The van der Waals surface area contributed by atoms with Crippen LogP contribution in [0.4, 0.5) is 8.78 Å². The standard InChI is InChI=1S/C15H12F2N2S/c16-11-5-1-3-9(7-11)13-14(19-15(20)18-13)10-4-2-6-12(17)8-10/h1-8,13-14H,(H2,18,19,20). The summed E-state index contributed by atoms with van der Waals surface area (Å²) in [6, 6.07) is 12.2. The van der Waals surface area contributed by atoms with Crippen LogP contribution < -0.4 is 10.6 Å². The van der Waals surface area contributed by atoms with E-state index in [2.05, 4.69) is 10.6 Å². The van der Waals surface area contributed by atoms with Crippen molar-refractivity contribution in [2.75, 3.05) is 0 Å². The van der Waals surface area contributed by atoms with Gasteiger partial charge in [-0.05, 0) is 47.6 Å². The first-order valence-corrected chi connectivity index (χ1v) is 6.62. The summed E-state index contributed by atoms with van der Waals surface area (Å²) in [5.41, 5.74) is 1.54. The second-order valence-electron chi connectivity index (χ2n) is 4.68. The Morgan fingerprint density at radius 2 is 1.25 bits per heavy atom. The molecule has 0 radical (unpaired) electrons. The van der Waals surface area contributed by atoms with Crippen LogP contribution in [0.5, 0.6) is 0 Å². The molecule has 0 amide bonds. The number of rotatable bonds is 2. The third-order valence-corrected chi connectivity index (χ3v) is 3.56. The number of benzene rings is 2. The average molecular weight is 290 g/mol. The van der Waals surface area contributed by atoms with E-state index in [1.54, 1.807) is 12.1 Å². The number of nitrogens with one attached hydrogen (secondary N) is 2. The van der Waals surface area contributed by atoms with Crippen molar-refractivity contribution in [3.63, 3.8) is 0 Å². The summed E-state index contributed by atoms with van der Waals surface area (Å²) in [6.45, 7) is 0. The van der Waals surface area contributed by atoms with Crippen LogP contribution in [-0.4, -0.2) is 5.11 Å². The van der Waals surface area contributed by atoms with E-state index in [0.717, 1.165) is 11.1 Å². The molecule has 3 rings (SSSR count). The molecule has 2 N–H and O–H groups in total. The smallest absolute Gasteiger partial charge is 0.167 e. The van der Waals surface area contributed by atoms with Crippen molar-refractivity contribution < 1.29 is 8.78 Å². The molecule has 102 valence electrons. The Labute approximate surface area is 120 Å². The highest BCUT2D eigenvalue weighted by Gasteiger charge is 2.32. The summed E-state index contributed by atoms with van der Waals surface area (Å²) in [4.78, 5) is 0. The van der Waals surface area contributed by atoms with Crippen LogP contribution in [-0.2, 0) is 0 Å². The quantitative estimate of drug-likeness (QED) is 0.830. The van der Waals surface area contributed by atoms with Gasteiger partial charge in [0.1, 0.15) is 11.6 Å². The van der Waals surface area contributed by atoms with E-state index >= 15 is 0 Å². The van der Waals surface area contributed by atoms with Crippen LogP contribution in [0.25, 0.3) is 0 Å². The molecule has 1 fully saturated rings. The van der Waals surface area contributed by atoms with Crippen LogP contribution in [0.1, 0.15) is 23.2 Å². The zero-order chi connectivity index (χ0) is 14.1. The molecular weight excluding hydrogens is 278 g/mol. The molecule has 0 bridgehead atoms. The van der Waals surface area contributed by atoms with E-state index in [9.17, 15) is 8.78 Å². The Kier molecular flexibility index (Phi) is 3.36. The summed E-state index contributed by atoms with van der Waals surface area (Å²) in [5, 5.41) is 6.67. The Morgan fingerprint density at radius 1 is 0.800 bits per heavy atom. The van der Waals surface area contributed by atoms with Crippen LogP contribution in [0.2, 0.25) is 0 Å². The molecule has 1 heterocycles. The molecule has 0 spiro atoms. The lowest BCUT2D eigenvalue weighted by atomic mass is 9.95. The molecule has 2 aromatic rings. The van der Waals surface area contributed by atoms with Crippen LogP contribution in [0.15, 0.2) is 48.5 Å². The van der Waals surface area contributed by atoms with E-state index in [4.69, 9.17) is 12.2 Å². The molecule has 1 saturated heterocycles. The van der Waals surface area contributed by atoms with Crippen LogP contribution in [0, 0.1) is 11.6 Å². The fourth-order valence-electron chi connectivity index (χ4n) is 2.44. The van der Waals surface area contributed by atoms with Gasteiger partial charge >= 0.3 is 0 Å². The summed E-state index contributed by atoms with van der Waals surface area (Å²) >= 11 is 5.13.